The number of pyridine rings is 1. The van der Waals surface area contributed by atoms with Crippen LogP contribution in [0.2, 0.25) is 0 Å². The van der Waals surface area contributed by atoms with Gasteiger partial charge in [0.1, 0.15) is 11.3 Å². The molecule has 1 heterocycles. The molecule has 146 valence electrons. The van der Waals surface area contributed by atoms with E-state index in [1.807, 2.05) is 6.92 Å². The van der Waals surface area contributed by atoms with E-state index in [9.17, 15) is 22.8 Å². The monoisotopic (exact) mass is 384 g/mol. The van der Waals surface area contributed by atoms with E-state index in [0.717, 1.165) is 12.3 Å². The Labute approximate surface area is 153 Å². The number of aromatic carboxylic acids is 1. The normalized spacial score (nSPS) is 11.3. The zero-order valence-corrected chi connectivity index (χ0v) is 15.0. The van der Waals surface area contributed by atoms with Crippen LogP contribution in [0, 0.1) is 6.92 Å². The fourth-order valence-corrected chi connectivity index (χ4v) is 2.80. The van der Waals surface area contributed by atoms with Crippen molar-refractivity contribution in [2.45, 2.75) is 33.1 Å². The molecule has 9 heteroatoms. The Morgan fingerprint density at radius 1 is 1.30 bits per heavy atom. The molecule has 0 fully saturated rings. The number of benzene rings is 1. The highest BCUT2D eigenvalue weighted by atomic mass is 19.4. The lowest BCUT2D eigenvalue weighted by atomic mass is 9.98. The van der Waals surface area contributed by atoms with Gasteiger partial charge in [-0.3, -0.25) is 9.47 Å². The minimum Gasteiger partial charge on any atom is -0.477 e. The van der Waals surface area contributed by atoms with Gasteiger partial charge in [-0.2, -0.15) is 0 Å². The maximum atomic E-state index is 12.8. The predicted molar refractivity (Wildman–Crippen MR) is 93.8 cm³/mol. The molecule has 1 aromatic carbocycles. The molecule has 0 saturated carbocycles. The number of alkyl halides is 3. The first-order valence-corrected chi connectivity index (χ1v) is 8.14. The molecular weight excluding hydrogens is 365 g/mol. The van der Waals surface area contributed by atoms with Crippen LogP contribution >= 0.6 is 0 Å². The topological polar surface area (TPSA) is 80.6 Å². The average molecular weight is 384 g/mol. The fourth-order valence-electron chi connectivity index (χ4n) is 2.80. The Hall–Kier alpha value is -2.97. The second-order valence-electron chi connectivity index (χ2n) is 5.91. The van der Waals surface area contributed by atoms with Crippen LogP contribution in [-0.2, 0) is 6.42 Å². The lowest BCUT2D eigenvalue weighted by molar-refractivity contribution is -0.274. The molecule has 0 spiro atoms. The van der Waals surface area contributed by atoms with E-state index < -0.39 is 23.3 Å². The molecule has 0 unspecified atom stereocenters. The van der Waals surface area contributed by atoms with Crippen molar-refractivity contribution in [1.29, 1.82) is 0 Å². The van der Waals surface area contributed by atoms with Gasteiger partial charge in [0.15, 0.2) is 5.43 Å². The van der Waals surface area contributed by atoms with Gasteiger partial charge in [-0.15, -0.1) is 13.2 Å². The Kier molecular flexibility index (Phi) is 5.82. The lowest BCUT2D eigenvalue weighted by Gasteiger charge is -2.19. The van der Waals surface area contributed by atoms with E-state index >= 15 is 0 Å². The van der Waals surface area contributed by atoms with Crippen molar-refractivity contribution in [3.05, 3.63) is 51.3 Å². The third-order valence-corrected chi connectivity index (χ3v) is 3.95. The van der Waals surface area contributed by atoms with Gasteiger partial charge in [0.05, 0.1) is 5.69 Å². The summed E-state index contributed by atoms with van der Waals surface area (Å²) in [6.07, 6.45) is -2.75. The Balaban J connectivity index is 2.71. The predicted octanol–water partition coefficient (Wildman–Crippen LogP) is 3.55. The molecule has 2 aromatic rings. The molecule has 1 aromatic heterocycles. The second-order valence-corrected chi connectivity index (χ2v) is 5.91. The number of halogens is 3. The fraction of sp³-hybridized carbons (Fsp3) is 0.333. The molecule has 0 aliphatic heterocycles. The van der Waals surface area contributed by atoms with Gasteiger partial charge in [0, 0.05) is 24.9 Å². The van der Waals surface area contributed by atoms with Crippen molar-refractivity contribution < 1.29 is 27.8 Å². The molecule has 0 atom stereocenters. The van der Waals surface area contributed by atoms with Gasteiger partial charge < -0.3 is 15.3 Å². The molecular formula is C18H19F3N2O4. The van der Waals surface area contributed by atoms with E-state index in [4.69, 9.17) is 5.11 Å². The van der Waals surface area contributed by atoms with Crippen LogP contribution in [0.1, 0.15) is 34.8 Å². The third-order valence-electron chi connectivity index (χ3n) is 3.95. The summed E-state index contributed by atoms with van der Waals surface area (Å²) in [5.74, 6) is -1.74. The van der Waals surface area contributed by atoms with Gasteiger partial charge in [-0.05, 0) is 30.5 Å². The number of rotatable bonds is 6. The van der Waals surface area contributed by atoms with Crippen molar-refractivity contribution in [2.24, 2.45) is 0 Å². The Morgan fingerprint density at radius 3 is 2.48 bits per heavy atom. The molecule has 0 aliphatic carbocycles. The van der Waals surface area contributed by atoms with E-state index in [1.54, 1.807) is 13.0 Å². The summed E-state index contributed by atoms with van der Waals surface area (Å²) in [5.41, 5.74) is 3.06. The van der Waals surface area contributed by atoms with E-state index in [2.05, 4.69) is 10.2 Å². The second kappa shape index (κ2) is 7.73. The number of hydrogen-bond donors (Lipinski definition) is 2. The summed E-state index contributed by atoms with van der Waals surface area (Å²) >= 11 is 0. The number of ether oxygens (including phenoxy) is 1. The van der Waals surface area contributed by atoms with Gasteiger partial charge in [-0.25, -0.2) is 4.79 Å². The SMILES string of the molecule is CCCc1cc(C)c(-c2cc(=O)c(C(=O)O)cn2NC)cc1OC(F)(F)F. The number of nitrogens with one attached hydrogen (secondary N) is 1. The third kappa shape index (κ3) is 4.60. The van der Waals surface area contributed by atoms with Gasteiger partial charge in [-0.1, -0.05) is 19.4 Å². The molecule has 0 bridgehead atoms. The number of aromatic nitrogens is 1. The Bertz CT molecular complexity index is 920. The first-order chi connectivity index (χ1) is 12.6. The van der Waals surface area contributed by atoms with Crippen molar-refractivity contribution in [3.63, 3.8) is 0 Å². The van der Waals surface area contributed by atoms with E-state index in [1.165, 1.54) is 17.8 Å². The van der Waals surface area contributed by atoms with Crippen LogP contribution in [0.5, 0.6) is 5.75 Å². The standard InChI is InChI=1S/C18H19F3N2O4/c1-4-5-11-6-10(2)12(7-16(11)27-18(19,20)21)14-8-15(24)13(17(25)26)9-23(14)22-3/h6-9,22H,4-5H2,1-3H3,(H,25,26). The number of carboxylic acid groups (broad SMARTS) is 1. The molecule has 2 rings (SSSR count). The number of hydrogen-bond acceptors (Lipinski definition) is 4. The van der Waals surface area contributed by atoms with Crippen molar-refractivity contribution in [1.82, 2.24) is 4.68 Å². The van der Waals surface area contributed by atoms with Crippen LogP contribution in [0.15, 0.2) is 29.2 Å². The number of carbonyl (C=O) groups is 1. The summed E-state index contributed by atoms with van der Waals surface area (Å²) < 4.78 is 43.8. The summed E-state index contributed by atoms with van der Waals surface area (Å²) in [6.45, 7) is 3.53. The van der Waals surface area contributed by atoms with Crippen LogP contribution in [-0.4, -0.2) is 29.2 Å². The van der Waals surface area contributed by atoms with Crippen molar-refractivity contribution in [2.75, 3.05) is 12.5 Å². The molecule has 6 nitrogen and oxygen atoms in total. The van der Waals surface area contributed by atoms with Crippen LogP contribution < -0.4 is 15.6 Å². The quantitative estimate of drug-likeness (QED) is 0.796. The van der Waals surface area contributed by atoms with Crippen molar-refractivity contribution >= 4 is 5.97 Å². The maximum Gasteiger partial charge on any atom is 0.573 e. The van der Waals surface area contributed by atoms with Gasteiger partial charge in [0.2, 0.25) is 0 Å². The van der Waals surface area contributed by atoms with Gasteiger partial charge in [0.25, 0.3) is 0 Å². The van der Waals surface area contributed by atoms with Crippen LogP contribution in [0.25, 0.3) is 11.3 Å². The summed E-state index contributed by atoms with van der Waals surface area (Å²) in [6, 6.07) is 3.87. The highest BCUT2D eigenvalue weighted by molar-refractivity contribution is 5.87. The minimum atomic E-state index is -4.86. The molecule has 0 saturated heterocycles. The number of carboxylic acids is 1. The van der Waals surface area contributed by atoms with E-state index in [-0.39, 0.29) is 11.4 Å². The lowest BCUT2D eigenvalue weighted by Crippen LogP contribution is -2.22. The molecule has 0 aliphatic rings. The smallest absolute Gasteiger partial charge is 0.477 e. The largest absolute Gasteiger partial charge is 0.573 e. The Morgan fingerprint density at radius 2 is 1.96 bits per heavy atom. The highest BCUT2D eigenvalue weighted by Gasteiger charge is 2.32. The molecule has 0 amide bonds. The molecule has 27 heavy (non-hydrogen) atoms. The summed E-state index contributed by atoms with van der Waals surface area (Å²) in [5, 5.41) is 9.08. The first kappa shape index (κ1) is 20.3. The zero-order chi connectivity index (χ0) is 20.4. The maximum absolute atomic E-state index is 12.8. The van der Waals surface area contributed by atoms with Gasteiger partial charge >= 0.3 is 12.3 Å². The first-order valence-electron chi connectivity index (χ1n) is 8.14. The highest BCUT2D eigenvalue weighted by Crippen LogP contribution is 2.34. The number of nitrogens with zero attached hydrogens (tertiary/aromatic N) is 1. The molecule has 0 radical (unpaired) electrons. The van der Waals surface area contributed by atoms with Crippen LogP contribution in [0.4, 0.5) is 13.2 Å². The molecule has 2 N–H and O–H groups in total. The average Bonchev–Trinajstić information content (AvgIpc) is 2.55. The summed E-state index contributed by atoms with van der Waals surface area (Å²) in [4.78, 5) is 23.2. The van der Waals surface area contributed by atoms with Crippen molar-refractivity contribution in [3.8, 4) is 17.0 Å². The zero-order valence-electron chi connectivity index (χ0n) is 15.0. The number of aryl methyl sites for hydroxylation is 2. The minimum absolute atomic E-state index is 0.222. The summed E-state index contributed by atoms with van der Waals surface area (Å²) in [7, 11) is 1.49. The van der Waals surface area contributed by atoms with E-state index in [0.29, 0.717) is 29.5 Å². The van der Waals surface area contributed by atoms with Crippen LogP contribution in [0.3, 0.4) is 0 Å².